The van der Waals surface area contributed by atoms with Crippen molar-refractivity contribution < 1.29 is 18.8 Å². The molecular weight excluding hydrogens is 314 g/mol. The van der Waals surface area contributed by atoms with Crippen LogP contribution in [0.25, 0.3) is 11.1 Å². The number of nitrogens with zero attached hydrogens (tertiary/aromatic N) is 2. The standard InChI is InChI=1S/C16H17N3O5/c20-10-18-5-7-19(8-6-18)15(22)4-3-13(21)11-1-2-12-14(9-11)24-16(23)17-12/h1-2,9-10H,3-8H2,(H,17,23). The summed E-state index contributed by atoms with van der Waals surface area (Å²) >= 11 is 0. The summed E-state index contributed by atoms with van der Waals surface area (Å²) < 4.78 is 4.93. The quantitative estimate of drug-likeness (QED) is 0.630. The van der Waals surface area contributed by atoms with Crippen LogP contribution in [0.5, 0.6) is 0 Å². The van der Waals surface area contributed by atoms with Gasteiger partial charge in [0.1, 0.15) is 0 Å². The lowest BCUT2D eigenvalue weighted by Crippen LogP contribution is -2.48. The maximum Gasteiger partial charge on any atom is 0.417 e. The van der Waals surface area contributed by atoms with Crippen LogP contribution in [0.2, 0.25) is 0 Å². The third kappa shape index (κ3) is 3.37. The molecule has 2 aromatic rings. The molecule has 1 aromatic heterocycles. The largest absolute Gasteiger partial charge is 0.417 e. The van der Waals surface area contributed by atoms with Crippen molar-refractivity contribution in [3.05, 3.63) is 34.3 Å². The van der Waals surface area contributed by atoms with E-state index in [0.29, 0.717) is 42.8 Å². The second kappa shape index (κ2) is 6.69. The molecule has 1 aliphatic rings. The van der Waals surface area contributed by atoms with Gasteiger partial charge in [-0.15, -0.1) is 0 Å². The molecule has 1 aliphatic heterocycles. The van der Waals surface area contributed by atoms with Crippen LogP contribution >= 0.6 is 0 Å². The third-order valence-electron chi connectivity index (χ3n) is 4.12. The second-order valence-electron chi connectivity index (χ2n) is 5.67. The van der Waals surface area contributed by atoms with E-state index in [0.717, 1.165) is 6.41 Å². The van der Waals surface area contributed by atoms with Crippen molar-refractivity contribution in [2.24, 2.45) is 0 Å². The fourth-order valence-corrected chi connectivity index (χ4v) is 2.72. The number of amides is 2. The van der Waals surface area contributed by atoms with E-state index in [1.54, 1.807) is 21.9 Å². The average molecular weight is 331 g/mol. The van der Waals surface area contributed by atoms with Gasteiger partial charge in [0.25, 0.3) is 0 Å². The third-order valence-corrected chi connectivity index (χ3v) is 4.12. The molecule has 8 nitrogen and oxygen atoms in total. The SMILES string of the molecule is O=CN1CCN(C(=O)CCC(=O)c2ccc3[nH]c(=O)oc3c2)CC1. The molecule has 0 radical (unpaired) electrons. The Morgan fingerprint density at radius 1 is 1.17 bits per heavy atom. The lowest BCUT2D eigenvalue weighted by molar-refractivity contribution is -0.135. The molecular formula is C16H17N3O5. The minimum atomic E-state index is -0.570. The average Bonchev–Trinajstić information content (AvgIpc) is 2.98. The Bertz CT molecular complexity index is 830. The number of benzene rings is 1. The Morgan fingerprint density at radius 3 is 2.62 bits per heavy atom. The van der Waals surface area contributed by atoms with Crippen molar-refractivity contribution in [1.82, 2.24) is 14.8 Å². The highest BCUT2D eigenvalue weighted by atomic mass is 16.4. The number of aromatic nitrogens is 1. The maximum absolute atomic E-state index is 12.2. The number of fused-ring (bicyclic) bond motifs is 1. The molecule has 24 heavy (non-hydrogen) atoms. The van der Waals surface area contributed by atoms with Crippen LogP contribution in [0.4, 0.5) is 0 Å². The minimum Gasteiger partial charge on any atom is -0.408 e. The van der Waals surface area contributed by atoms with Crippen LogP contribution in [0.3, 0.4) is 0 Å². The summed E-state index contributed by atoms with van der Waals surface area (Å²) in [7, 11) is 0. The van der Waals surface area contributed by atoms with Gasteiger partial charge in [-0.3, -0.25) is 19.4 Å². The molecule has 0 aliphatic carbocycles. The van der Waals surface area contributed by atoms with Crippen molar-refractivity contribution in [2.45, 2.75) is 12.8 Å². The van der Waals surface area contributed by atoms with Crippen LogP contribution in [-0.4, -0.2) is 59.1 Å². The molecule has 0 atom stereocenters. The summed E-state index contributed by atoms with van der Waals surface area (Å²) in [6, 6.07) is 4.71. The molecule has 8 heteroatoms. The summed E-state index contributed by atoms with van der Waals surface area (Å²) in [6.07, 6.45) is 0.989. The summed E-state index contributed by atoms with van der Waals surface area (Å²) in [6.45, 7) is 2.03. The number of aromatic amines is 1. The van der Waals surface area contributed by atoms with Crippen LogP contribution in [0.15, 0.2) is 27.4 Å². The molecule has 1 N–H and O–H groups in total. The Morgan fingerprint density at radius 2 is 1.92 bits per heavy atom. The molecule has 2 amide bonds. The van der Waals surface area contributed by atoms with Crippen LogP contribution in [0.1, 0.15) is 23.2 Å². The summed E-state index contributed by atoms with van der Waals surface area (Å²) in [5.41, 5.74) is 1.26. The highest BCUT2D eigenvalue weighted by Gasteiger charge is 2.21. The predicted molar refractivity (Wildman–Crippen MR) is 84.6 cm³/mol. The number of hydrogen-bond donors (Lipinski definition) is 1. The van der Waals surface area contributed by atoms with Crippen molar-refractivity contribution in [2.75, 3.05) is 26.2 Å². The van der Waals surface area contributed by atoms with Gasteiger partial charge in [0.05, 0.1) is 5.52 Å². The molecule has 1 saturated heterocycles. The van der Waals surface area contributed by atoms with E-state index in [1.165, 1.54) is 6.07 Å². The first-order valence-electron chi connectivity index (χ1n) is 7.70. The van der Waals surface area contributed by atoms with Crippen molar-refractivity contribution in [3.63, 3.8) is 0 Å². The smallest absolute Gasteiger partial charge is 0.408 e. The Labute approximate surface area is 137 Å². The zero-order valence-electron chi connectivity index (χ0n) is 13.0. The fourth-order valence-electron chi connectivity index (χ4n) is 2.72. The van der Waals surface area contributed by atoms with Crippen LogP contribution < -0.4 is 5.76 Å². The van der Waals surface area contributed by atoms with E-state index in [2.05, 4.69) is 4.98 Å². The van der Waals surface area contributed by atoms with Crippen molar-refractivity contribution in [3.8, 4) is 0 Å². The van der Waals surface area contributed by atoms with Crippen molar-refractivity contribution in [1.29, 1.82) is 0 Å². The van der Waals surface area contributed by atoms with E-state index >= 15 is 0 Å². The molecule has 126 valence electrons. The van der Waals surface area contributed by atoms with Gasteiger partial charge in [-0.2, -0.15) is 0 Å². The number of H-pyrrole nitrogens is 1. The van der Waals surface area contributed by atoms with Crippen LogP contribution in [-0.2, 0) is 9.59 Å². The second-order valence-corrected chi connectivity index (χ2v) is 5.67. The number of nitrogens with one attached hydrogen (secondary N) is 1. The first kappa shape index (κ1) is 16.0. The van der Waals surface area contributed by atoms with E-state index in [-0.39, 0.29) is 24.5 Å². The van der Waals surface area contributed by atoms with Gasteiger partial charge in [-0.05, 0) is 18.2 Å². The van der Waals surface area contributed by atoms with E-state index in [1.807, 2.05) is 0 Å². The van der Waals surface area contributed by atoms with Gasteiger partial charge in [0.2, 0.25) is 12.3 Å². The minimum absolute atomic E-state index is 0.0902. The van der Waals surface area contributed by atoms with Crippen molar-refractivity contribution >= 4 is 29.2 Å². The van der Waals surface area contributed by atoms with E-state index < -0.39 is 5.76 Å². The van der Waals surface area contributed by atoms with Gasteiger partial charge < -0.3 is 14.2 Å². The zero-order valence-corrected chi connectivity index (χ0v) is 13.0. The molecule has 0 unspecified atom stereocenters. The van der Waals surface area contributed by atoms with Gasteiger partial charge >= 0.3 is 5.76 Å². The normalized spacial score (nSPS) is 14.8. The topological polar surface area (TPSA) is 104 Å². The number of Topliss-reactive ketones (excluding diaryl/α,β-unsaturated/α-hetero) is 1. The van der Waals surface area contributed by atoms with Gasteiger partial charge in [-0.1, -0.05) is 0 Å². The van der Waals surface area contributed by atoms with Gasteiger partial charge in [0.15, 0.2) is 11.4 Å². The van der Waals surface area contributed by atoms with Gasteiger partial charge in [0, 0.05) is 44.6 Å². The number of oxazole rings is 1. The number of rotatable bonds is 5. The zero-order chi connectivity index (χ0) is 17.1. The Hall–Kier alpha value is -2.90. The molecule has 3 rings (SSSR count). The van der Waals surface area contributed by atoms with Crippen LogP contribution in [0, 0.1) is 0 Å². The lowest BCUT2D eigenvalue weighted by atomic mass is 10.1. The van der Waals surface area contributed by atoms with E-state index in [4.69, 9.17) is 4.42 Å². The maximum atomic E-state index is 12.2. The molecule has 1 fully saturated rings. The van der Waals surface area contributed by atoms with Gasteiger partial charge in [-0.25, -0.2) is 4.79 Å². The van der Waals surface area contributed by atoms with E-state index in [9.17, 15) is 19.2 Å². The molecule has 2 heterocycles. The lowest BCUT2D eigenvalue weighted by Gasteiger charge is -2.32. The fraction of sp³-hybridized carbons (Fsp3) is 0.375. The number of carbonyl (C=O) groups excluding carboxylic acids is 3. The predicted octanol–water partition coefficient (Wildman–Crippen LogP) is 0.385. The summed E-state index contributed by atoms with van der Waals surface area (Å²) in [5, 5.41) is 0. The number of piperazine rings is 1. The summed E-state index contributed by atoms with van der Waals surface area (Å²) in [4.78, 5) is 51.9. The first-order valence-corrected chi connectivity index (χ1v) is 7.70. The number of hydrogen-bond acceptors (Lipinski definition) is 5. The number of ketones is 1. The highest BCUT2D eigenvalue weighted by Crippen LogP contribution is 2.15. The molecule has 0 bridgehead atoms. The highest BCUT2D eigenvalue weighted by molar-refractivity contribution is 6.00. The Balaban J connectivity index is 1.57. The first-order chi connectivity index (χ1) is 11.6. The Kier molecular flexibility index (Phi) is 4.45. The molecule has 1 aromatic carbocycles. The molecule has 0 spiro atoms. The monoisotopic (exact) mass is 331 g/mol. The summed E-state index contributed by atoms with van der Waals surface area (Å²) in [5.74, 6) is -0.844. The number of carbonyl (C=O) groups is 3. The molecule has 0 saturated carbocycles.